The molecule has 116 valence electrons. The second-order valence-electron chi connectivity index (χ2n) is 5.24. The van der Waals surface area contributed by atoms with Gasteiger partial charge in [0.2, 0.25) is 11.7 Å². The van der Waals surface area contributed by atoms with E-state index >= 15 is 0 Å². The third kappa shape index (κ3) is 2.99. The fourth-order valence-corrected chi connectivity index (χ4v) is 2.47. The number of carbonyl (C=O) groups is 1. The van der Waals surface area contributed by atoms with E-state index in [0.717, 1.165) is 12.8 Å². The lowest BCUT2D eigenvalue weighted by Gasteiger charge is -2.22. The molecule has 1 amide bonds. The Labute approximate surface area is 117 Å². The number of amides is 1. The lowest BCUT2D eigenvalue weighted by Crippen LogP contribution is -2.40. The molecular weight excluding hydrogens is 295 g/mol. The highest BCUT2D eigenvalue weighted by atomic mass is 19.2. The first-order valence-electron chi connectivity index (χ1n) is 6.35. The van der Waals surface area contributed by atoms with Gasteiger partial charge in [-0.25, -0.2) is 22.0 Å². The zero-order valence-electron chi connectivity index (χ0n) is 10.9. The van der Waals surface area contributed by atoms with E-state index < -0.39 is 46.2 Å². The van der Waals surface area contributed by atoms with Gasteiger partial charge in [-0.3, -0.25) is 4.79 Å². The molecule has 8 heteroatoms. The molecule has 1 aliphatic rings. The average Bonchev–Trinajstić information content (AvgIpc) is 2.85. The number of rotatable bonds is 3. The largest absolute Gasteiger partial charge is 0.325 e. The van der Waals surface area contributed by atoms with Crippen molar-refractivity contribution in [3.8, 4) is 0 Å². The monoisotopic (exact) mass is 308 g/mol. The van der Waals surface area contributed by atoms with Crippen LogP contribution in [0.2, 0.25) is 0 Å². The molecule has 0 unspecified atom stereocenters. The van der Waals surface area contributed by atoms with E-state index in [1.807, 2.05) is 0 Å². The number of carbonyl (C=O) groups excluding carboxylic acids is 1. The Morgan fingerprint density at radius 3 is 1.86 bits per heavy atom. The summed E-state index contributed by atoms with van der Waals surface area (Å²) in [6, 6.07) is 0. The minimum atomic E-state index is -2.27. The topological polar surface area (TPSA) is 55.1 Å². The minimum absolute atomic E-state index is 0.244. The Bertz CT molecular complexity index is 555. The van der Waals surface area contributed by atoms with Crippen molar-refractivity contribution in [2.45, 2.75) is 37.6 Å². The Morgan fingerprint density at radius 1 is 0.952 bits per heavy atom. The van der Waals surface area contributed by atoms with Gasteiger partial charge in [0.25, 0.3) is 0 Å². The number of nitrogens with one attached hydrogen (secondary N) is 1. The molecule has 0 spiro atoms. The van der Waals surface area contributed by atoms with Crippen LogP contribution >= 0.6 is 0 Å². The van der Waals surface area contributed by atoms with Crippen LogP contribution in [0.15, 0.2) is 0 Å². The van der Waals surface area contributed by atoms with Crippen molar-refractivity contribution >= 4 is 11.6 Å². The first kappa shape index (κ1) is 15.7. The van der Waals surface area contributed by atoms with Gasteiger partial charge in [-0.1, -0.05) is 12.8 Å². The fourth-order valence-electron chi connectivity index (χ4n) is 2.47. The molecule has 0 heterocycles. The number of halogens is 5. The molecule has 1 fully saturated rings. The maximum absolute atomic E-state index is 13.4. The van der Waals surface area contributed by atoms with E-state index in [2.05, 4.69) is 0 Å². The second kappa shape index (κ2) is 5.59. The van der Waals surface area contributed by atoms with Crippen LogP contribution in [0.1, 0.15) is 32.1 Å². The smallest absolute Gasteiger partial charge is 0.226 e. The summed E-state index contributed by atoms with van der Waals surface area (Å²) >= 11 is 0. The van der Waals surface area contributed by atoms with Crippen molar-refractivity contribution < 1.29 is 26.7 Å². The average molecular weight is 308 g/mol. The van der Waals surface area contributed by atoms with Gasteiger partial charge < -0.3 is 11.1 Å². The summed E-state index contributed by atoms with van der Waals surface area (Å²) in [5, 5.41) is 1.72. The van der Waals surface area contributed by atoms with Gasteiger partial charge in [-0.05, 0) is 12.8 Å². The molecule has 0 aromatic heterocycles. The van der Waals surface area contributed by atoms with Crippen LogP contribution in [0, 0.1) is 29.1 Å². The lowest BCUT2D eigenvalue weighted by atomic mass is 9.94. The van der Waals surface area contributed by atoms with E-state index in [1.54, 1.807) is 5.32 Å². The number of nitrogens with two attached hydrogens (primary N) is 1. The second-order valence-corrected chi connectivity index (χ2v) is 5.24. The standard InChI is InChI=1S/C13H13F5N2O/c14-7-8(15)10(17)12(11(18)9(7)16)20-6(21)5-13(19)3-1-2-4-13/h1-5,19H2,(H,20,21). The predicted octanol–water partition coefficient (Wildman–Crippen LogP) is 2.98. The summed E-state index contributed by atoms with van der Waals surface area (Å²) < 4.78 is 65.7. The van der Waals surface area contributed by atoms with Crippen molar-refractivity contribution in [3.05, 3.63) is 29.1 Å². The molecule has 1 aromatic rings. The molecule has 3 N–H and O–H groups in total. The number of benzene rings is 1. The SMILES string of the molecule is NC1(CC(=O)Nc2c(F)c(F)c(F)c(F)c2F)CCCC1. The van der Waals surface area contributed by atoms with Gasteiger partial charge >= 0.3 is 0 Å². The van der Waals surface area contributed by atoms with E-state index in [0.29, 0.717) is 12.8 Å². The highest BCUT2D eigenvalue weighted by Crippen LogP contribution is 2.31. The molecule has 0 atom stereocenters. The quantitative estimate of drug-likeness (QED) is 0.512. The maximum Gasteiger partial charge on any atom is 0.226 e. The van der Waals surface area contributed by atoms with Gasteiger partial charge in [-0.15, -0.1) is 0 Å². The van der Waals surface area contributed by atoms with Crippen molar-refractivity contribution in [2.24, 2.45) is 5.73 Å². The zero-order chi connectivity index (χ0) is 15.8. The van der Waals surface area contributed by atoms with Gasteiger partial charge in [0.05, 0.1) is 0 Å². The van der Waals surface area contributed by atoms with Crippen LogP contribution in [0.4, 0.5) is 27.6 Å². The predicted molar refractivity (Wildman–Crippen MR) is 64.9 cm³/mol. The summed E-state index contributed by atoms with van der Waals surface area (Å²) in [4.78, 5) is 11.7. The van der Waals surface area contributed by atoms with Crippen molar-refractivity contribution in [1.29, 1.82) is 0 Å². The molecule has 1 aliphatic carbocycles. The molecule has 0 saturated heterocycles. The Balaban J connectivity index is 2.22. The molecule has 1 saturated carbocycles. The summed E-state index contributed by atoms with van der Waals surface area (Å²) in [7, 11) is 0. The number of hydrogen-bond donors (Lipinski definition) is 2. The van der Waals surface area contributed by atoms with Gasteiger partial charge in [0.15, 0.2) is 23.3 Å². The van der Waals surface area contributed by atoms with Crippen molar-refractivity contribution in [3.63, 3.8) is 0 Å². The first-order valence-corrected chi connectivity index (χ1v) is 6.35. The van der Waals surface area contributed by atoms with E-state index in [-0.39, 0.29) is 6.42 Å². The molecule has 2 rings (SSSR count). The minimum Gasteiger partial charge on any atom is -0.325 e. The van der Waals surface area contributed by atoms with Gasteiger partial charge in [0.1, 0.15) is 5.69 Å². The maximum atomic E-state index is 13.4. The zero-order valence-corrected chi connectivity index (χ0v) is 10.9. The fraction of sp³-hybridized carbons (Fsp3) is 0.462. The number of hydrogen-bond acceptors (Lipinski definition) is 2. The molecule has 21 heavy (non-hydrogen) atoms. The molecule has 1 aromatic carbocycles. The molecular formula is C13H13F5N2O. The molecule has 0 aliphatic heterocycles. The van der Waals surface area contributed by atoms with Crippen LogP contribution in [0.25, 0.3) is 0 Å². The van der Waals surface area contributed by atoms with Gasteiger partial charge in [0, 0.05) is 12.0 Å². The third-order valence-electron chi connectivity index (χ3n) is 3.59. The van der Waals surface area contributed by atoms with Crippen molar-refractivity contribution in [2.75, 3.05) is 5.32 Å². The van der Waals surface area contributed by atoms with Crippen LogP contribution in [-0.4, -0.2) is 11.4 Å². The van der Waals surface area contributed by atoms with E-state index in [4.69, 9.17) is 5.73 Å². The summed E-state index contributed by atoms with van der Waals surface area (Å²) in [5.41, 5.74) is 3.77. The molecule has 0 radical (unpaired) electrons. The Morgan fingerprint density at radius 2 is 1.38 bits per heavy atom. The number of anilines is 1. The normalized spacial score (nSPS) is 17.0. The lowest BCUT2D eigenvalue weighted by molar-refractivity contribution is -0.117. The highest BCUT2D eigenvalue weighted by Gasteiger charge is 2.33. The molecule has 3 nitrogen and oxygen atoms in total. The summed E-state index contributed by atoms with van der Waals surface area (Å²) in [5.74, 6) is -11.5. The summed E-state index contributed by atoms with van der Waals surface area (Å²) in [6.45, 7) is 0. The molecule has 0 bridgehead atoms. The summed E-state index contributed by atoms with van der Waals surface area (Å²) in [6.07, 6.45) is 2.54. The van der Waals surface area contributed by atoms with Crippen LogP contribution in [0.3, 0.4) is 0 Å². The highest BCUT2D eigenvalue weighted by molar-refractivity contribution is 5.91. The van der Waals surface area contributed by atoms with Crippen LogP contribution < -0.4 is 11.1 Å². The first-order chi connectivity index (χ1) is 9.75. The Kier molecular flexibility index (Phi) is 4.18. The van der Waals surface area contributed by atoms with E-state index in [1.165, 1.54) is 0 Å². The van der Waals surface area contributed by atoms with Crippen LogP contribution in [-0.2, 0) is 4.79 Å². The van der Waals surface area contributed by atoms with Gasteiger partial charge in [-0.2, -0.15) is 0 Å². The van der Waals surface area contributed by atoms with Crippen molar-refractivity contribution in [1.82, 2.24) is 0 Å². The third-order valence-corrected chi connectivity index (χ3v) is 3.59. The Hall–Kier alpha value is -1.70. The van der Waals surface area contributed by atoms with Crippen LogP contribution in [0.5, 0.6) is 0 Å². The van der Waals surface area contributed by atoms with E-state index in [9.17, 15) is 26.7 Å².